The standard InChI is InChI=1S/C13H16O3/c1-2-15-13(14)7-6-10-4-3-5-12-11(10)8-9-16-12/h3-5H,2,6-9H2,1H3. The van der Waals surface area contributed by atoms with Crippen LogP contribution in [0.1, 0.15) is 24.5 Å². The number of hydrogen-bond acceptors (Lipinski definition) is 3. The molecule has 1 aromatic rings. The number of carbonyl (C=O) groups is 1. The minimum absolute atomic E-state index is 0.126. The van der Waals surface area contributed by atoms with Gasteiger partial charge < -0.3 is 9.47 Å². The molecule has 0 spiro atoms. The number of benzene rings is 1. The van der Waals surface area contributed by atoms with Gasteiger partial charge in [-0.25, -0.2) is 0 Å². The molecule has 0 aromatic heterocycles. The van der Waals surface area contributed by atoms with Crippen LogP contribution in [0.5, 0.6) is 5.75 Å². The first-order chi connectivity index (χ1) is 7.81. The van der Waals surface area contributed by atoms with Gasteiger partial charge in [0.15, 0.2) is 0 Å². The van der Waals surface area contributed by atoms with E-state index in [1.54, 1.807) is 0 Å². The van der Waals surface area contributed by atoms with Gasteiger partial charge in [-0.15, -0.1) is 0 Å². The number of esters is 1. The summed E-state index contributed by atoms with van der Waals surface area (Å²) in [6, 6.07) is 6.02. The van der Waals surface area contributed by atoms with Crippen LogP contribution in [-0.2, 0) is 22.4 Å². The number of hydrogen-bond donors (Lipinski definition) is 0. The lowest BCUT2D eigenvalue weighted by atomic mass is 10.0. The maximum Gasteiger partial charge on any atom is 0.306 e. The highest BCUT2D eigenvalue weighted by Crippen LogP contribution is 2.28. The highest BCUT2D eigenvalue weighted by molar-refractivity contribution is 5.69. The Kier molecular flexibility index (Phi) is 3.44. The van der Waals surface area contributed by atoms with E-state index in [1.165, 1.54) is 11.1 Å². The number of carbonyl (C=O) groups excluding carboxylic acids is 1. The van der Waals surface area contributed by atoms with E-state index in [2.05, 4.69) is 6.07 Å². The lowest BCUT2D eigenvalue weighted by Gasteiger charge is -2.06. The Morgan fingerprint density at radius 1 is 1.50 bits per heavy atom. The van der Waals surface area contributed by atoms with E-state index in [1.807, 2.05) is 19.1 Å². The number of fused-ring (bicyclic) bond motifs is 1. The van der Waals surface area contributed by atoms with Gasteiger partial charge in [-0.3, -0.25) is 4.79 Å². The van der Waals surface area contributed by atoms with Crippen LogP contribution >= 0.6 is 0 Å². The molecule has 0 fully saturated rings. The average Bonchev–Trinajstić information content (AvgIpc) is 2.75. The third-order valence-electron chi connectivity index (χ3n) is 2.74. The lowest BCUT2D eigenvalue weighted by Crippen LogP contribution is -2.05. The summed E-state index contributed by atoms with van der Waals surface area (Å²) in [6.45, 7) is 3.03. The van der Waals surface area contributed by atoms with Gasteiger partial charge >= 0.3 is 5.97 Å². The Morgan fingerprint density at radius 2 is 2.38 bits per heavy atom. The van der Waals surface area contributed by atoms with E-state index in [0.717, 1.165) is 25.2 Å². The highest BCUT2D eigenvalue weighted by Gasteiger charge is 2.16. The van der Waals surface area contributed by atoms with Crippen molar-refractivity contribution in [3.8, 4) is 5.75 Å². The molecule has 1 aromatic carbocycles. The summed E-state index contributed by atoms with van der Waals surface area (Å²) in [7, 11) is 0. The Morgan fingerprint density at radius 3 is 3.19 bits per heavy atom. The van der Waals surface area contributed by atoms with Crippen LogP contribution in [-0.4, -0.2) is 19.2 Å². The van der Waals surface area contributed by atoms with Gasteiger partial charge in [-0.05, 0) is 25.0 Å². The zero-order valence-electron chi connectivity index (χ0n) is 9.49. The predicted molar refractivity (Wildman–Crippen MR) is 60.6 cm³/mol. The molecule has 1 aliphatic rings. The van der Waals surface area contributed by atoms with Crippen molar-refractivity contribution < 1.29 is 14.3 Å². The zero-order chi connectivity index (χ0) is 11.4. The molecule has 1 heterocycles. The van der Waals surface area contributed by atoms with Crippen molar-refractivity contribution in [2.24, 2.45) is 0 Å². The number of aryl methyl sites for hydroxylation is 1. The molecule has 0 radical (unpaired) electrons. The van der Waals surface area contributed by atoms with Crippen molar-refractivity contribution in [1.82, 2.24) is 0 Å². The molecule has 0 unspecified atom stereocenters. The number of ether oxygens (including phenoxy) is 2. The van der Waals surface area contributed by atoms with Gasteiger partial charge in [0.25, 0.3) is 0 Å². The van der Waals surface area contributed by atoms with Crippen LogP contribution in [0.2, 0.25) is 0 Å². The zero-order valence-corrected chi connectivity index (χ0v) is 9.49. The Hall–Kier alpha value is -1.51. The van der Waals surface area contributed by atoms with E-state index >= 15 is 0 Å². The molecule has 0 aliphatic carbocycles. The largest absolute Gasteiger partial charge is 0.493 e. The van der Waals surface area contributed by atoms with Gasteiger partial charge in [0.05, 0.1) is 13.2 Å². The Labute approximate surface area is 95.4 Å². The Bertz CT molecular complexity index is 385. The summed E-state index contributed by atoms with van der Waals surface area (Å²) in [5.74, 6) is 0.848. The first-order valence-corrected chi connectivity index (χ1v) is 5.70. The molecule has 0 atom stereocenters. The molecule has 0 saturated carbocycles. The normalized spacial score (nSPS) is 13.1. The second-order valence-electron chi connectivity index (χ2n) is 3.80. The summed E-state index contributed by atoms with van der Waals surface area (Å²) in [6.07, 6.45) is 2.14. The summed E-state index contributed by atoms with van der Waals surface area (Å²) >= 11 is 0. The lowest BCUT2D eigenvalue weighted by molar-refractivity contribution is -0.143. The van der Waals surface area contributed by atoms with Gasteiger partial charge in [0.1, 0.15) is 5.75 Å². The van der Waals surface area contributed by atoms with Crippen LogP contribution < -0.4 is 4.74 Å². The van der Waals surface area contributed by atoms with Crippen molar-refractivity contribution >= 4 is 5.97 Å². The topological polar surface area (TPSA) is 35.5 Å². The van der Waals surface area contributed by atoms with Crippen LogP contribution in [0, 0.1) is 0 Å². The molecule has 0 amide bonds. The molecule has 0 bridgehead atoms. The smallest absolute Gasteiger partial charge is 0.306 e. The van der Waals surface area contributed by atoms with Crippen molar-refractivity contribution in [2.45, 2.75) is 26.2 Å². The second-order valence-corrected chi connectivity index (χ2v) is 3.80. The molecule has 1 aliphatic heterocycles. The van der Waals surface area contributed by atoms with E-state index < -0.39 is 0 Å². The SMILES string of the molecule is CCOC(=O)CCc1cccc2c1CCO2. The minimum Gasteiger partial charge on any atom is -0.493 e. The minimum atomic E-state index is -0.126. The van der Waals surface area contributed by atoms with E-state index in [0.29, 0.717) is 13.0 Å². The molecule has 2 rings (SSSR count). The van der Waals surface area contributed by atoms with Crippen molar-refractivity contribution in [3.05, 3.63) is 29.3 Å². The van der Waals surface area contributed by atoms with Gasteiger partial charge in [0, 0.05) is 18.4 Å². The summed E-state index contributed by atoms with van der Waals surface area (Å²) in [5.41, 5.74) is 2.47. The average molecular weight is 220 g/mol. The molecule has 16 heavy (non-hydrogen) atoms. The first-order valence-electron chi connectivity index (χ1n) is 5.70. The van der Waals surface area contributed by atoms with Gasteiger partial charge in [-0.2, -0.15) is 0 Å². The van der Waals surface area contributed by atoms with Crippen LogP contribution in [0.4, 0.5) is 0 Å². The third-order valence-corrected chi connectivity index (χ3v) is 2.74. The summed E-state index contributed by atoms with van der Waals surface area (Å²) in [5, 5.41) is 0. The van der Waals surface area contributed by atoms with Crippen molar-refractivity contribution in [2.75, 3.05) is 13.2 Å². The molecular weight excluding hydrogens is 204 g/mol. The fraction of sp³-hybridized carbons (Fsp3) is 0.462. The third kappa shape index (κ3) is 2.35. The molecule has 0 saturated heterocycles. The van der Waals surface area contributed by atoms with Crippen molar-refractivity contribution in [1.29, 1.82) is 0 Å². The second kappa shape index (κ2) is 5.01. The Balaban J connectivity index is 2.00. The van der Waals surface area contributed by atoms with E-state index in [9.17, 15) is 4.79 Å². The quantitative estimate of drug-likeness (QED) is 0.729. The van der Waals surface area contributed by atoms with Gasteiger partial charge in [0.2, 0.25) is 0 Å². The predicted octanol–water partition coefficient (Wildman–Crippen LogP) is 2.12. The maximum absolute atomic E-state index is 11.3. The monoisotopic (exact) mass is 220 g/mol. The highest BCUT2D eigenvalue weighted by atomic mass is 16.5. The molecule has 0 N–H and O–H groups in total. The van der Waals surface area contributed by atoms with E-state index in [-0.39, 0.29) is 5.97 Å². The van der Waals surface area contributed by atoms with Crippen LogP contribution in [0.25, 0.3) is 0 Å². The van der Waals surface area contributed by atoms with Crippen LogP contribution in [0.15, 0.2) is 18.2 Å². The molecule has 3 nitrogen and oxygen atoms in total. The van der Waals surface area contributed by atoms with Crippen molar-refractivity contribution in [3.63, 3.8) is 0 Å². The molecular formula is C13H16O3. The maximum atomic E-state index is 11.3. The fourth-order valence-electron chi connectivity index (χ4n) is 2.00. The summed E-state index contributed by atoms with van der Waals surface area (Å²) in [4.78, 5) is 11.3. The molecule has 3 heteroatoms. The van der Waals surface area contributed by atoms with Crippen LogP contribution in [0.3, 0.4) is 0 Å². The first kappa shape index (κ1) is 11.0. The molecule has 86 valence electrons. The fourth-order valence-corrected chi connectivity index (χ4v) is 2.00. The summed E-state index contributed by atoms with van der Waals surface area (Å²) < 4.78 is 10.4. The number of rotatable bonds is 4. The van der Waals surface area contributed by atoms with Gasteiger partial charge in [-0.1, -0.05) is 12.1 Å². The van der Waals surface area contributed by atoms with E-state index in [4.69, 9.17) is 9.47 Å².